The molecule has 0 saturated heterocycles. The van der Waals surface area contributed by atoms with E-state index in [-0.39, 0.29) is 0 Å². The van der Waals surface area contributed by atoms with Gasteiger partial charge in [0.1, 0.15) is 5.82 Å². The molecule has 0 radical (unpaired) electrons. The molecule has 0 atom stereocenters. The number of nitrogens with one attached hydrogen (secondary N) is 3. The second-order valence-electron chi connectivity index (χ2n) is 4.56. The summed E-state index contributed by atoms with van der Waals surface area (Å²) in [7, 11) is 0. The molecule has 1 aromatic carbocycles. The average molecular weight is 288 g/mol. The molecule has 5 N–H and O–H groups in total. The number of anilines is 2. The molecule has 2 amide bonds. The van der Waals surface area contributed by atoms with E-state index in [1.165, 1.54) is 0 Å². The van der Waals surface area contributed by atoms with Crippen molar-refractivity contribution in [2.45, 2.75) is 13.3 Å². The number of hydrogen-bond acceptors (Lipinski definition) is 5. The molecule has 0 unspecified atom stereocenters. The molecule has 1 aromatic heterocycles. The largest absolute Gasteiger partial charge is 0.368 e. The molecule has 0 aliphatic carbocycles. The van der Waals surface area contributed by atoms with Gasteiger partial charge < -0.3 is 21.7 Å². The Labute approximate surface area is 123 Å². The van der Waals surface area contributed by atoms with Gasteiger partial charge in [0.25, 0.3) is 0 Å². The monoisotopic (exact) mass is 288 g/mol. The third-order valence-corrected chi connectivity index (χ3v) is 2.85. The van der Waals surface area contributed by atoms with Gasteiger partial charge in [-0.25, -0.2) is 9.78 Å². The molecule has 0 bridgehead atoms. The summed E-state index contributed by atoms with van der Waals surface area (Å²) in [5, 5.41) is 9.86. The van der Waals surface area contributed by atoms with Gasteiger partial charge in [-0.2, -0.15) is 4.98 Å². The molecule has 7 heteroatoms. The van der Waals surface area contributed by atoms with E-state index in [0.29, 0.717) is 19.0 Å². The zero-order valence-electron chi connectivity index (χ0n) is 12.0. The molecule has 0 fully saturated rings. The van der Waals surface area contributed by atoms with Gasteiger partial charge in [0, 0.05) is 25.0 Å². The second kappa shape index (κ2) is 7.28. The van der Waals surface area contributed by atoms with Crippen LogP contribution >= 0.6 is 0 Å². The Bertz CT molecular complexity index is 615. The summed E-state index contributed by atoms with van der Waals surface area (Å²) in [4.78, 5) is 19.6. The fourth-order valence-electron chi connectivity index (χ4n) is 1.89. The fourth-order valence-corrected chi connectivity index (χ4v) is 1.89. The smallest absolute Gasteiger partial charge is 0.312 e. The van der Waals surface area contributed by atoms with Crippen LogP contribution in [0, 0.1) is 0 Å². The van der Waals surface area contributed by atoms with E-state index >= 15 is 0 Å². The molecule has 0 saturated carbocycles. The Kier molecular flexibility index (Phi) is 5.14. The van der Waals surface area contributed by atoms with Gasteiger partial charge in [-0.3, -0.25) is 0 Å². The molecule has 112 valence electrons. The van der Waals surface area contributed by atoms with Crippen molar-refractivity contribution in [3.8, 4) is 0 Å². The maximum atomic E-state index is 10.6. The van der Waals surface area contributed by atoms with Crippen molar-refractivity contribution in [1.29, 1.82) is 0 Å². The first-order chi connectivity index (χ1) is 10.2. The van der Waals surface area contributed by atoms with Crippen LogP contribution in [0.2, 0.25) is 0 Å². The number of carbonyl (C=O) groups excluding carboxylic acids is 1. The fraction of sp³-hybridized carbons (Fsp3) is 0.357. The summed E-state index contributed by atoms with van der Waals surface area (Å²) in [5.41, 5.74) is 5.90. The van der Waals surface area contributed by atoms with Crippen molar-refractivity contribution < 1.29 is 4.79 Å². The number of para-hydroxylation sites is 1. The van der Waals surface area contributed by atoms with Gasteiger partial charge in [-0.1, -0.05) is 19.1 Å². The van der Waals surface area contributed by atoms with Crippen molar-refractivity contribution >= 4 is 28.7 Å². The lowest BCUT2D eigenvalue weighted by Crippen LogP contribution is -2.33. The topological polar surface area (TPSA) is 105 Å². The number of carbonyl (C=O) groups is 1. The Hall–Kier alpha value is -2.57. The molecule has 7 nitrogen and oxygen atoms in total. The number of benzene rings is 1. The number of nitrogens with two attached hydrogens (primary N) is 1. The van der Waals surface area contributed by atoms with Crippen LogP contribution < -0.4 is 21.7 Å². The van der Waals surface area contributed by atoms with Crippen molar-refractivity contribution in [2.24, 2.45) is 5.73 Å². The lowest BCUT2D eigenvalue weighted by Gasteiger charge is -2.11. The van der Waals surface area contributed by atoms with E-state index in [0.717, 1.165) is 29.7 Å². The van der Waals surface area contributed by atoms with Gasteiger partial charge in [0.15, 0.2) is 0 Å². The number of hydrogen-bond donors (Lipinski definition) is 4. The van der Waals surface area contributed by atoms with Crippen LogP contribution in [0.25, 0.3) is 10.9 Å². The van der Waals surface area contributed by atoms with E-state index in [1.807, 2.05) is 24.3 Å². The minimum absolute atomic E-state index is 0.436. The maximum absolute atomic E-state index is 10.6. The minimum Gasteiger partial charge on any atom is -0.368 e. The summed E-state index contributed by atoms with van der Waals surface area (Å²) in [5.74, 6) is 1.34. The first-order valence-corrected chi connectivity index (χ1v) is 6.98. The summed E-state index contributed by atoms with van der Waals surface area (Å²) in [6, 6.07) is 7.26. The number of aromatic nitrogens is 2. The molecule has 0 spiro atoms. The highest BCUT2D eigenvalue weighted by Crippen LogP contribution is 2.21. The van der Waals surface area contributed by atoms with Crippen molar-refractivity contribution in [1.82, 2.24) is 15.3 Å². The Morgan fingerprint density at radius 3 is 2.71 bits per heavy atom. The lowest BCUT2D eigenvalue weighted by atomic mass is 10.2. The van der Waals surface area contributed by atoms with E-state index in [2.05, 4.69) is 32.8 Å². The van der Waals surface area contributed by atoms with Crippen LogP contribution in [0.15, 0.2) is 24.3 Å². The molecular weight excluding hydrogens is 268 g/mol. The molecule has 2 rings (SSSR count). The number of fused-ring (bicyclic) bond motifs is 1. The first kappa shape index (κ1) is 14.8. The molecule has 1 heterocycles. The average Bonchev–Trinajstić information content (AvgIpc) is 2.49. The number of nitrogens with zero attached hydrogens (tertiary/aromatic N) is 2. The van der Waals surface area contributed by atoms with Crippen LogP contribution in [0.1, 0.15) is 13.3 Å². The SMILES string of the molecule is CCCNc1nc(NCCNC(N)=O)c2ccccc2n1. The van der Waals surface area contributed by atoms with Crippen LogP contribution in [-0.2, 0) is 0 Å². The highest BCUT2D eigenvalue weighted by atomic mass is 16.2. The molecule has 2 aromatic rings. The van der Waals surface area contributed by atoms with Crippen LogP contribution in [0.5, 0.6) is 0 Å². The number of rotatable bonds is 7. The van der Waals surface area contributed by atoms with Gasteiger partial charge in [-0.05, 0) is 18.6 Å². The van der Waals surface area contributed by atoms with Gasteiger partial charge in [-0.15, -0.1) is 0 Å². The Morgan fingerprint density at radius 1 is 1.14 bits per heavy atom. The van der Waals surface area contributed by atoms with Crippen molar-refractivity contribution in [3.63, 3.8) is 0 Å². The minimum atomic E-state index is -0.533. The summed E-state index contributed by atoms with van der Waals surface area (Å²) < 4.78 is 0. The summed E-state index contributed by atoms with van der Waals surface area (Å²) >= 11 is 0. The highest BCUT2D eigenvalue weighted by Gasteiger charge is 2.06. The summed E-state index contributed by atoms with van der Waals surface area (Å²) in [6.07, 6.45) is 1.00. The van der Waals surface area contributed by atoms with E-state index in [1.54, 1.807) is 0 Å². The predicted octanol–water partition coefficient (Wildman–Crippen LogP) is 1.53. The predicted molar refractivity (Wildman–Crippen MR) is 84.4 cm³/mol. The number of urea groups is 1. The van der Waals surface area contributed by atoms with Crippen LogP contribution in [0.4, 0.5) is 16.6 Å². The molecule has 0 aliphatic rings. The van der Waals surface area contributed by atoms with Gasteiger partial charge in [0.2, 0.25) is 5.95 Å². The van der Waals surface area contributed by atoms with E-state index in [4.69, 9.17) is 5.73 Å². The van der Waals surface area contributed by atoms with E-state index < -0.39 is 6.03 Å². The zero-order valence-corrected chi connectivity index (χ0v) is 12.0. The number of primary amides is 1. The quantitative estimate of drug-likeness (QED) is 0.578. The zero-order chi connectivity index (χ0) is 15.1. The van der Waals surface area contributed by atoms with Gasteiger partial charge in [0.05, 0.1) is 5.52 Å². The summed E-state index contributed by atoms with van der Waals surface area (Å²) in [6.45, 7) is 3.88. The van der Waals surface area contributed by atoms with E-state index in [9.17, 15) is 4.79 Å². The number of amides is 2. The first-order valence-electron chi connectivity index (χ1n) is 6.98. The van der Waals surface area contributed by atoms with Crippen LogP contribution in [0.3, 0.4) is 0 Å². The van der Waals surface area contributed by atoms with Crippen molar-refractivity contribution in [3.05, 3.63) is 24.3 Å². The second-order valence-corrected chi connectivity index (χ2v) is 4.56. The van der Waals surface area contributed by atoms with Gasteiger partial charge >= 0.3 is 6.03 Å². The lowest BCUT2D eigenvalue weighted by molar-refractivity contribution is 0.249. The Balaban J connectivity index is 2.16. The standard InChI is InChI=1S/C14H20N6O/c1-2-7-18-14-19-11-6-4-3-5-10(11)12(20-14)16-8-9-17-13(15)21/h3-6H,2,7-9H2,1H3,(H3,15,17,21)(H2,16,18,19,20). The highest BCUT2D eigenvalue weighted by molar-refractivity contribution is 5.90. The normalized spacial score (nSPS) is 10.3. The van der Waals surface area contributed by atoms with Crippen molar-refractivity contribution in [2.75, 3.05) is 30.3 Å². The Morgan fingerprint density at radius 2 is 1.95 bits per heavy atom. The third kappa shape index (κ3) is 4.20. The third-order valence-electron chi connectivity index (χ3n) is 2.85. The molecule has 0 aliphatic heterocycles. The van der Waals surface area contributed by atoms with Crippen LogP contribution in [-0.4, -0.2) is 35.6 Å². The molecule has 21 heavy (non-hydrogen) atoms. The molecular formula is C14H20N6O. The maximum Gasteiger partial charge on any atom is 0.312 e.